The SMILES string of the molecule is C#Cc1ccc(N2CC(=O)N(Cc3ccc(Cl)cc3)[C@@]3(CCN(C(=O)C4COC4)C3)C2=O)c(F)c1. The third-order valence-corrected chi connectivity index (χ3v) is 7.21. The summed E-state index contributed by atoms with van der Waals surface area (Å²) in [4.78, 5) is 44.8. The molecule has 180 valence electrons. The standard InChI is InChI=1S/C26H23ClFN3O4/c1-2-17-5-8-22(21(28)11-17)30-13-23(32)31(12-18-3-6-20(27)7-4-18)26(25(30)34)9-10-29(16-26)24(33)19-14-35-15-19/h1,3-8,11,19H,9-10,12-16H2/t26-/m1/s1. The zero-order chi connectivity index (χ0) is 24.7. The van der Waals surface area contributed by atoms with Crippen molar-refractivity contribution in [3.8, 4) is 12.3 Å². The lowest BCUT2D eigenvalue weighted by atomic mass is 9.89. The van der Waals surface area contributed by atoms with Gasteiger partial charge in [0, 0.05) is 23.7 Å². The topological polar surface area (TPSA) is 70.2 Å². The van der Waals surface area contributed by atoms with Gasteiger partial charge in [0.15, 0.2) is 0 Å². The van der Waals surface area contributed by atoms with Gasteiger partial charge in [0.25, 0.3) is 5.91 Å². The van der Waals surface area contributed by atoms with E-state index in [9.17, 15) is 18.8 Å². The van der Waals surface area contributed by atoms with Gasteiger partial charge in [-0.25, -0.2) is 4.39 Å². The highest BCUT2D eigenvalue weighted by molar-refractivity contribution is 6.30. The summed E-state index contributed by atoms with van der Waals surface area (Å²) < 4.78 is 20.1. The number of halogens is 2. The fraction of sp³-hybridized carbons (Fsp3) is 0.346. The van der Waals surface area contributed by atoms with Crippen molar-refractivity contribution < 1.29 is 23.5 Å². The number of anilines is 1. The first-order valence-electron chi connectivity index (χ1n) is 11.3. The molecule has 0 N–H and O–H groups in total. The van der Waals surface area contributed by atoms with Crippen molar-refractivity contribution >= 4 is 35.0 Å². The van der Waals surface area contributed by atoms with Gasteiger partial charge >= 0.3 is 0 Å². The van der Waals surface area contributed by atoms with Crippen molar-refractivity contribution in [2.24, 2.45) is 5.92 Å². The van der Waals surface area contributed by atoms with Gasteiger partial charge in [-0.15, -0.1) is 6.42 Å². The molecule has 0 saturated carbocycles. The first-order valence-corrected chi connectivity index (χ1v) is 11.7. The van der Waals surface area contributed by atoms with Crippen molar-refractivity contribution in [2.45, 2.75) is 18.5 Å². The quantitative estimate of drug-likeness (QED) is 0.611. The van der Waals surface area contributed by atoms with E-state index in [1.807, 2.05) is 0 Å². The number of benzene rings is 2. The van der Waals surface area contributed by atoms with Gasteiger partial charge in [0.2, 0.25) is 11.8 Å². The predicted molar refractivity (Wildman–Crippen MR) is 127 cm³/mol. The predicted octanol–water partition coefficient (Wildman–Crippen LogP) is 2.45. The first-order chi connectivity index (χ1) is 16.8. The summed E-state index contributed by atoms with van der Waals surface area (Å²) in [5.41, 5.74) is -0.191. The highest BCUT2D eigenvalue weighted by Gasteiger charge is 2.57. The molecule has 0 aliphatic carbocycles. The van der Waals surface area contributed by atoms with Gasteiger partial charge in [-0.2, -0.15) is 0 Å². The molecular weight excluding hydrogens is 473 g/mol. The van der Waals surface area contributed by atoms with Crippen LogP contribution in [0.15, 0.2) is 42.5 Å². The zero-order valence-electron chi connectivity index (χ0n) is 18.9. The zero-order valence-corrected chi connectivity index (χ0v) is 19.6. The van der Waals surface area contributed by atoms with Crippen LogP contribution in [0.4, 0.5) is 10.1 Å². The van der Waals surface area contributed by atoms with E-state index < -0.39 is 17.3 Å². The summed E-state index contributed by atoms with van der Waals surface area (Å²) >= 11 is 6.01. The molecule has 3 fully saturated rings. The molecule has 3 amide bonds. The molecule has 9 heteroatoms. The van der Waals surface area contributed by atoms with Crippen LogP contribution in [0.2, 0.25) is 5.02 Å². The lowest BCUT2D eigenvalue weighted by Crippen LogP contribution is -2.69. The van der Waals surface area contributed by atoms with Crippen LogP contribution in [0.1, 0.15) is 17.5 Å². The molecule has 2 aromatic carbocycles. The van der Waals surface area contributed by atoms with Crippen molar-refractivity contribution in [1.82, 2.24) is 9.80 Å². The number of carbonyl (C=O) groups excluding carboxylic acids is 3. The molecule has 3 heterocycles. The average molecular weight is 496 g/mol. The molecule has 35 heavy (non-hydrogen) atoms. The minimum Gasteiger partial charge on any atom is -0.380 e. The monoisotopic (exact) mass is 495 g/mol. The number of nitrogens with zero attached hydrogens (tertiary/aromatic N) is 3. The van der Waals surface area contributed by atoms with E-state index in [2.05, 4.69) is 5.92 Å². The van der Waals surface area contributed by atoms with E-state index in [-0.39, 0.29) is 49.5 Å². The Labute approximate surface area is 207 Å². The summed E-state index contributed by atoms with van der Waals surface area (Å²) in [6.45, 7) is 0.914. The van der Waals surface area contributed by atoms with Crippen LogP contribution in [0.25, 0.3) is 0 Å². The van der Waals surface area contributed by atoms with Gasteiger partial charge in [-0.3, -0.25) is 19.3 Å². The molecule has 3 aliphatic heterocycles. The van der Waals surface area contributed by atoms with Crippen LogP contribution in [0.3, 0.4) is 0 Å². The van der Waals surface area contributed by atoms with Gasteiger partial charge in [0.05, 0.1) is 31.4 Å². The third-order valence-electron chi connectivity index (χ3n) is 6.96. The second kappa shape index (κ2) is 8.99. The smallest absolute Gasteiger partial charge is 0.255 e. The van der Waals surface area contributed by atoms with E-state index >= 15 is 0 Å². The van der Waals surface area contributed by atoms with Crippen molar-refractivity contribution in [3.63, 3.8) is 0 Å². The molecule has 7 nitrogen and oxygen atoms in total. The highest BCUT2D eigenvalue weighted by atomic mass is 35.5. The van der Waals surface area contributed by atoms with Gasteiger partial charge in [0.1, 0.15) is 17.9 Å². The van der Waals surface area contributed by atoms with Crippen LogP contribution in [0, 0.1) is 24.1 Å². The lowest BCUT2D eigenvalue weighted by molar-refractivity contribution is -0.154. The maximum absolute atomic E-state index is 14.9. The second-order valence-corrected chi connectivity index (χ2v) is 9.52. The van der Waals surface area contributed by atoms with E-state index in [4.69, 9.17) is 22.8 Å². The molecule has 2 aromatic rings. The van der Waals surface area contributed by atoms with E-state index in [0.717, 1.165) is 5.56 Å². The molecular formula is C26H23ClFN3O4. The van der Waals surface area contributed by atoms with Gasteiger partial charge in [-0.1, -0.05) is 29.7 Å². The Morgan fingerprint density at radius 1 is 1.20 bits per heavy atom. The van der Waals surface area contributed by atoms with Crippen LogP contribution >= 0.6 is 11.6 Å². The summed E-state index contributed by atoms with van der Waals surface area (Å²) in [7, 11) is 0. The molecule has 0 radical (unpaired) electrons. The number of likely N-dealkylation sites (tertiary alicyclic amines) is 1. The molecule has 5 rings (SSSR count). The Bertz CT molecular complexity index is 1240. The maximum atomic E-state index is 14.9. The molecule has 1 atom stereocenters. The summed E-state index contributed by atoms with van der Waals surface area (Å²) in [5.74, 6) is 0.595. The Balaban J connectivity index is 1.51. The largest absolute Gasteiger partial charge is 0.380 e. The minimum atomic E-state index is -1.31. The minimum absolute atomic E-state index is 0.00922. The van der Waals surface area contributed by atoms with Crippen LogP contribution in [-0.4, -0.2) is 65.9 Å². The third kappa shape index (κ3) is 4.05. The van der Waals surface area contributed by atoms with E-state index in [0.29, 0.717) is 30.3 Å². The molecule has 3 aliphatic rings. The molecule has 0 aromatic heterocycles. The number of hydrogen-bond acceptors (Lipinski definition) is 4. The molecule has 3 saturated heterocycles. The first kappa shape index (κ1) is 23.3. The second-order valence-electron chi connectivity index (χ2n) is 9.08. The number of piperazine rings is 1. The van der Waals surface area contributed by atoms with Gasteiger partial charge < -0.3 is 14.5 Å². The van der Waals surface area contributed by atoms with E-state index in [1.165, 1.54) is 28.0 Å². The Morgan fingerprint density at radius 2 is 1.94 bits per heavy atom. The van der Waals surface area contributed by atoms with Crippen molar-refractivity contribution in [3.05, 3.63) is 64.4 Å². The highest BCUT2D eigenvalue weighted by Crippen LogP contribution is 2.38. The van der Waals surface area contributed by atoms with Crippen LogP contribution in [-0.2, 0) is 25.7 Å². The van der Waals surface area contributed by atoms with Crippen LogP contribution in [0.5, 0.6) is 0 Å². The van der Waals surface area contributed by atoms with Gasteiger partial charge in [-0.05, 0) is 42.3 Å². The number of hydrogen-bond donors (Lipinski definition) is 0. The maximum Gasteiger partial charge on any atom is 0.255 e. The van der Waals surface area contributed by atoms with Crippen molar-refractivity contribution in [1.29, 1.82) is 0 Å². The lowest BCUT2D eigenvalue weighted by Gasteiger charge is -2.47. The molecule has 0 bridgehead atoms. The number of carbonyl (C=O) groups is 3. The number of terminal acetylenes is 1. The number of rotatable bonds is 4. The molecule has 0 unspecified atom stereocenters. The summed E-state index contributed by atoms with van der Waals surface area (Å²) in [6, 6.07) is 11.1. The summed E-state index contributed by atoms with van der Waals surface area (Å²) in [5, 5.41) is 0.557. The van der Waals surface area contributed by atoms with Crippen molar-refractivity contribution in [2.75, 3.05) is 37.7 Å². The number of ether oxygens (including phenoxy) is 1. The fourth-order valence-electron chi connectivity index (χ4n) is 4.93. The Kier molecular flexibility index (Phi) is 5.99. The number of amides is 3. The Hall–Kier alpha value is -3.41. The summed E-state index contributed by atoms with van der Waals surface area (Å²) in [6.07, 6.45) is 5.62. The average Bonchev–Trinajstić information content (AvgIpc) is 3.26. The van der Waals surface area contributed by atoms with E-state index in [1.54, 1.807) is 29.2 Å². The normalized spacial score (nSPS) is 22.5. The fourth-order valence-corrected chi connectivity index (χ4v) is 5.06. The molecule has 1 spiro atoms. The van der Waals surface area contributed by atoms with Crippen LogP contribution < -0.4 is 4.90 Å². The Morgan fingerprint density at radius 3 is 2.57 bits per heavy atom.